The highest BCUT2D eigenvalue weighted by atomic mass is 19.1. The third kappa shape index (κ3) is 3.29. The van der Waals surface area contributed by atoms with Gasteiger partial charge in [0.25, 0.3) is 0 Å². The van der Waals surface area contributed by atoms with E-state index in [1.807, 2.05) is 6.92 Å². The van der Waals surface area contributed by atoms with Crippen LogP contribution in [-0.2, 0) is 4.79 Å². The van der Waals surface area contributed by atoms with Crippen LogP contribution in [-0.4, -0.2) is 25.0 Å². The molecule has 1 aliphatic heterocycles. The molecule has 1 saturated heterocycles. The zero-order valence-electron chi connectivity index (χ0n) is 10.9. The highest BCUT2D eigenvalue weighted by Gasteiger charge is 2.28. The lowest BCUT2D eigenvalue weighted by Gasteiger charge is -2.30. The van der Waals surface area contributed by atoms with Crippen molar-refractivity contribution in [3.05, 3.63) is 35.4 Å². The Balaban J connectivity index is 2.12. The number of carbonyl (C=O) groups excluding carboxylic acids is 1. The van der Waals surface area contributed by atoms with Gasteiger partial charge in [-0.1, -0.05) is 0 Å². The SMILES string of the molecule is CCNC(=O)C1CC(c2cc(F)ccc2F)CCN1. The maximum atomic E-state index is 13.7. The minimum Gasteiger partial charge on any atom is -0.355 e. The predicted molar refractivity (Wildman–Crippen MR) is 68.8 cm³/mol. The van der Waals surface area contributed by atoms with Crippen LogP contribution in [0.5, 0.6) is 0 Å². The molecule has 0 spiro atoms. The number of carbonyl (C=O) groups is 1. The second-order valence-corrected chi connectivity index (χ2v) is 4.79. The van der Waals surface area contributed by atoms with E-state index in [0.29, 0.717) is 31.5 Å². The number of likely N-dealkylation sites (N-methyl/N-ethyl adjacent to an activating group) is 1. The fourth-order valence-electron chi connectivity index (χ4n) is 2.52. The van der Waals surface area contributed by atoms with E-state index < -0.39 is 11.6 Å². The first-order valence-electron chi connectivity index (χ1n) is 6.58. The number of benzene rings is 1. The van der Waals surface area contributed by atoms with Crippen LogP contribution in [0.3, 0.4) is 0 Å². The summed E-state index contributed by atoms with van der Waals surface area (Å²) >= 11 is 0. The van der Waals surface area contributed by atoms with Crippen molar-refractivity contribution in [2.45, 2.75) is 31.7 Å². The molecule has 19 heavy (non-hydrogen) atoms. The van der Waals surface area contributed by atoms with Crippen molar-refractivity contribution in [2.24, 2.45) is 0 Å². The topological polar surface area (TPSA) is 41.1 Å². The van der Waals surface area contributed by atoms with E-state index in [9.17, 15) is 13.6 Å². The highest BCUT2D eigenvalue weighted by molar-refractivity contribution is 5.81. The van der Waals surface area contributed by atoms with Gasteiger partial charge in [-0.05, 0) is 56.0 Å². The minimum absolute atomic E-state index is 0.0796. The van der Waals surface area contributed by atoms with Gasteiger partial charge in [0, 0.05) is 6.54 Å². The quantitative estimate of drug-likeness (QED) is 0.879. The third-order valence-corrected chi connectivity index (χ3v) is 3.47. The molecule has 3 nitrogen and oxygen atoms in total. The molecule has 2 unspecified atom stereocenters. The van der Waals surface area contributed by atoms with Crippen molar-refractivity contribution >= 4 is 5.91 Å². The van der Waals surface area contributed by atoms with Gasteiger partial charge in [0.05, 0.1) is 6.04 Å². The molecule has 2 atom stereocenters. The minimum atomic E-state index is -0.440. The van der Waals surface area contributed by atoms with Crippen molar-refractivity contribution in [1.82, 2.24) is 10.6 Å². The molecule has 104 valence electrons. The maximum absolute atomic E-state index is 13.7. The maximum Gasteiger partial charge on any atom is 0.237 e. The highest BCUT2D eigenvalue weighted by Crippen LogP contribution is 2.30. The summed E-state index contributed by atoms with van der Waals surface area (Å²) in [5, 5.41) is 5.85. The predicted octanol–water partition coefficient (Wildman–Crippen LogP) is 1.94. The number of nitrogens with one attached hydrogen (secondary N) is 2. The van der Waals surface area contributed by atoms with E-state index in [2.05, 4.69) is 10.6 Å². The van der Waals surface area contributed by atoms with Gasteiger partial charge in [-0.3, -0.25) is 4.79 Å². The number of halogens is 2. The summed E-state index contributed by atoms with van der Waals surface area (Å²) in [6.07, 6.45) is 1.20. The molecular weight excluding hydrogens is 250 g/mol. The molecule has 1 fully saturated rings. The third-order valence-electron chi connectivity index (χ3n) is 3.47. The molecule has 0 bridgehead atoms. The lowest BCUT2D eigenvalue weighted by Crippen LogP contribution is -2.48. The summed E-state index contributed by atoms with van der Waals surface area (Å²) in [6, 6.07) is 3.16. The molecule has 1 aromatic rings. The molecule has 1 amide bonds. The van der Waals surface area contributed by atoms with Gasteiger partial charge in [-0.15, -0.1) is 0 Å². The Hall–Kier alpha value is -1.49. The average molecular weight is 268 g/mol. The molecule has 0 radical (unpaired) electrons. The first-order chi connectivity index (χ1) is 9.11. The van der Waals surface area contributed by atoms with Gasteiger partial charge < -0.3 is 10.6 Å². The van der Waals surface area contributed by atoms with E-state index in [0.717, 1.165) is 12.1 Å². The van der Waals surface area contributed by atoms with Crippen LogP contribution in [0.1, 0.15) is 31.2 Å². The smallest absolute Gasteiger partial charge is 0.237 e. The molecular formula is C14H18F2N2O. The molecule has 5 heteroatoms. The van der Waals surface area contributed by atoms with Gasteiger partial charge in [0.2, 0.25) is 5.91 Å². The zero-order chi connectivity index (χ0) is 13.8. The van der Waals surface area contributed by atoms with Crippen molar-refractivity contribution in [3.8, 4) is 0 Å². The molecule has 1 aromatic carbocycles. The largest absolute Gasteiger partial charge is 0.355 e. The number of piperidine rings is 1. The van der Waals surface area contributed by atoms with Gasteiger partial charge in [-0.2, -0.15) is 0 Å². The second-order valence-electron chi connectivity index (χ2n) is 4.79. The van der Waals surface area contributed by atoms with Crippen molar-refractivity contribution in [3.63, 3.8) is 0 Å². The standard InChI is InChI=1S/C14H18F2N2O/c1-2-17-14(19)13-7-9(5-6-18-13)11-8-10(15)3-4-12(11)16/h3-4,8-9,13,18H,2,5-7H2,1H3,(H,17,19). The Morgan fingerprint density at radius 3 is 3.00 bits per heavy atom. The number of rotatable bonds is 3. The van der Waals surface area contributed by atoms with E-state index in [4.69, 9.17) is 0 Å². The van der Waals surface area contributed by atoms with Crippen LogP contribution in [0.2, 0.25) is 0 Å². The summed E-state index contributed by atoms with van der Waals surface area (Å²) in [6.45, 7) is 3.04. The lowest BCUT2D eigenvalue weighted by atomic mass is 9.86. The van der Waals surface area contributed by atoms with Crippen molar-refractivity contribution in [1.29, 1.82) is 0 Å². The molecule has 1 aliphatic rings. The van der Waals surface area contributed by atoms with Crippen LogP contribution in [0, 0.1) is 11.6 Å². The Kier molecular flexibility index (Phi) is 4.47. The van der Waals surface area contributed by atoms with Gasteiger partial charge in [0.15, 0.2) is 0 Å². The fourth-order valence-corrected chi connectivity index (χ4v) is 2.52. The van der Waals surface area contributed by atoms with Gasteiger partial charge in [-0.25, -0.2) is 8.78 Å². The number of amides is 1. The van der Waals surface area contributed by atoms with E-state index in [1.165, 1.54) is 6.07 Å². The first-order valence-corrected chi connectivity index (χ1v) is 6.58. The van der Waals surface area contributed by atoms with E-state index >= 15 is 0 Å². The van der Waals surface area contributed by atoms with Crippen LogP contribution >= 0.6 is 0 Å². The molecule has 0 saturated carbocycles. The normalized spacial score (nSPS) is 23.1. The number of hydrogen-bond acceptors (Lipinski definition) is 2. The van der Waals surface area contributed by atoms with Crippen LogP contribution in [0.4, 0.5) is 8.78 Å². The van der Waals surface area contributed by atoms with Gasteiger partial charge in [0.1, 0.15) is 11.6 Å². The molecule has 0 aromatic heterocycles. The average Bonchev–Trinajstić information content (AvgIpc) is 2.42. The molecule has 2 N–H and O–H groups in total. The molecule has 2 rings (SSSR count). The Labute approximate surface area is 111 Å². The molecule has 0 aliphatic carbocycles. The summed E-state index contributed by atoms with van der Waals surface area (Å²) in [5.41, 5.74) is 0.371. The monoisotopic (exact) mass is 268 g/mol. The van der Waals surface area contributed by atoms with Crippen LogP contribution < -0.4 is 10.6 Å². The molecule has 1 heterocycles. The summed E-state index contributed by atoms with van der Waals surface area (Å²) < 4.78 is 27.0. The van der Waals surface area contributed by atoms with Gasteiger partial charge >= 0.3 is 0 Å². The Morgan fingerprint density at radius 2 is 2.26 bits per heavy atom. The summed E-state index contributed by atoms with van der Waals surface area (Å²) in [5.74, 6) is -1.04. The van der Waals surface area contributed by atoms with E-state index in [1.54, 1.807) is 0 Å². The Bertz CT molecular complexity index is 465. The summed E-state index contributed by atoms with van der Waals surface area (Å²) in [7, 11) is 0. The van der Waals surface area contributed by atoms with Crippen LogP contribution in [0.15, 0.2) is 18.2 Å². The lowest BCUT2D eigenvalue weighted by molar-refractivity contribution is -0.123. The summed E-state index contributed by atoms with van der Waals surface area (Å²) in [4.78, 5) is 11.8. The second kappa shape index (κ2) is 6.10. The van der Waals surface area contributed by atoms with Crippen molar-refractivity contribution < 1.29 is 13.6 Å². The Morgan fingerprint density at radius 1 is 1.47 bits per heavy atom. The number of hydrogen-bond donors (Lipinski definition) is 2. The zero-order valence-corrected chi connectivity index (χ0v) is 10.9. The van der Waals surface area contributed by atoms with Crippen LogP contribution in [0.25, 0.3) is 0 Å². The van der Waals surface area contributed by atoms with Crippen molar-refractivity contribution in [2.75, 3.05) is 13.1 Å². The van der Waals surface area contributed by atoms with E-state index in [-0.39, 0.29) is 17.9 Å². The first kappa shape index (κ1) is 13.9. The fraction of sp³-hybridized carbons (Fsp3) is 0.500.